The second kappa shape index (κ2) is 7.14. The van der Waals surface area contributed by atoms with Crippen LogP contribution in [0.15, 0.2) is 51.7 Å². The SMILES string of the molecule is CCC(=O)c1c(OC(=O)c2ccccc2Cl)ccc2c(C)cc(=O)oc12. The maximum Gasteiger partial charge on any atom is 0.345 e. The Bertz CT molecular complexity index is 1080. The van der Waals surface area contributed by atoms with Crippen LogP contribution >= 0.6 is 11.6 Å². The standard InChI is InChI=1S/C20H15ClO5/c1-3-15(22)18-16(25-20(24)13-6-4-5-7-14(13)21)9-8-12-11(2)10-17(23)26-19(12)18/h4-10H,3H2,1-2H3. The van der Waals surface area contributed by atoms with Crippen molar-refractivity contribution in [1.29, 1.82) is 0 Å². The van der Waals surface area contributed by atoms with Gasteiger partial charge in [-0.3, -0.25) is 4.79 Å². The zero-order valence-corrected chi connectivity index (χ0v) is 14.9. The lowest BCUT2D eigenvalue weighted by molar-refractivity contribution is 0.0733. The number of benzene rings is 2. The van der Waals surface area contributed by atoms with E-state index >= 15 is 0 Å². The molecule has 0 aliphatic carbocycles. The third-order valence-corrected chi connectivity index (χ3v) is 4.31. The molecule has 0 aliphatic heterocycles. The molecule has 0 spiro atoms. The molecule has 1 heterocycles. The van der Waals surface area contributed by atoms with Gasteiger partial charge in [-0.1, -0.05) is 30.7 Å². The molecule has 0 unspecified atom stereocenters. The van der Waals surface area contributed by atoms with Crippen LogP contribution < -0.4 is 10.4 Å². The van der Waals surface area contributed by atoms with E-state index in [2.05, 4.69) is 0 Å². The first-order valence-corrected chi connectivity index (χ1v) is 8.37. The number of fused-ring (bicyclic) bond motifs is 1. The predicted octanol–water partition coefficient (Wildman–Crippen LogP) is 4.57. The van der Waals surface area contributed by atoms with E-state index < -0.39 is 11.6 Å². The Morgan fingerprint density at radius 2 is 1.88 bits per heavy atom. The molecule has 0 amide bonds. The van der Waals surface area contributed by atoms with Crippen LogP contribution in [0.25, 0.3) is 11.0 Å². The van der Waals surface area contributed by atoms with Crippen molar-refractivity contribution in [3.63, 3.8) is 0 Å². The minimum atomic E-state index is -0.699. The molecule has 2 aromatic carbocycles. The quantitative estimate of drug-likeness (QED) is 0.291. The van der Waals surface area contributed by atoms with Crippen molar-refractivity contribution in [2.45, 2.75) is 20.3 Å². The maximum atomic E-state index is 12.5. The largest absolute Gasteiger partial charge is 0.422 e. The third-order valence-electron chi connectivity index (χ3n) is 3.98. The van der Waals surface area contributed by atoms with Gasteiger partial charge in [0, 0.05) is 17.9 Å². The van der Waals surface area contributed by atoms with Gasteiger partial charge >= 0.3 is 11.6 Å². The zero-order valence-electron chi connectivity index (χ0n) is 14.2. The molecule has 132 valence electrons. The minimum Gasteiger partial charge on any atom is -0.422 e. The summed E-state index contributed by atoms with van der Waals surface area (Å²) in [4.78, 5) is 36.7. The van der Waals surface area contributed by atoms with Crippen molar-refractivity contribution in [3.05, 3.63) is 74.6 Å². The van der Waals surface area contributed by atoms with Gasteiger partial charge in [0.2, 0.25) is 0 Å². The number of ether oxygens (including phenoxy) is 1. The molecule has 0 saturated heterocycles. The van der Waals surface area contributed by atoms with E-state index in [1.807, 2.05) is 0 Å². The Morgan fingerprint density at radius 1 is 1.15 bits per heavy atom. The van der Waals surface area contributed by atoms with Gasteiger partial charge in [-0.2, -0.15) is 0 Å². The van der Waals surface area contributed by atoms with Crippen molar-refractivity contribution in [2.24, 2.45) is 0 Å². The summed E-state index contributed by atoms with van der Waals surface area (Å²) in [5, 5.41) is 0.850. The zero-order chi connectivity index (χ0) is 18.8. The highest BCUT2D eigenvalue weighted by molar-refractivity contribution is 6.33. The smallest absolute Gasteiger partial charge is 0.345 e. The second-order valence-electron chi connectivity index (χ2n) is 5.71. The molecule has 0 radical (unpaired) electrons. The Hall–Kier alpha value is -2.92. The molecule has 0 atom stereocenters. The van der Waals surface area contributed by atoms with Gasteiger partial charge in [-0.05, 0) is 36.8 Å². The monoisotopic (exact) mass is 370 g/mol. The molecule has 3 rings (SSSR count). The summed E-state index contributed by atoms with van der Waals surface area (Å²) in [6, 6.07) is 11.0. The highest BCUT2D eigenvalue weighted by atomic mass is 35.5. The van der Waals surface area contributed by atoms with Crippen molar-refractivity contribution < 1.29 is 18.7 Å². The van der Waals surface area contributed by atoms with Crippen molar-refractivity contribution >= 4 is 34.3 Å². The fraction of sp³-hybridized carbons (Fsp3) is 0.150. The number of hydrogen-bond donors (Lipinski definition) is 0. The van der Waals surface area contributed by atoms with Crippen molar-refractivity contribution in [2.75, 3.05) is 0 Å². The summed E-state index contributed by atoms with van der Waals surface area (Å²) >= 11 is 6.02. The number of ketones is 1. The summed E-state index contributed by atoms with van der Waals surface area (Å²) in [6.07, 6.45) is 0.160. The summed E-state index contributed by atoms with van der Waals surface area (Å²) < 4.78 is 10.7. The second-order valence-corrected chi connectivity index (χ2v) is 6.12. The van der Waals surface area contributed by atoms with Crippen LogP contribution in [0, 0.1) is 6.92 Å². The summed E-state index contributed by atoms with van der Waals surface area (Å²) in [7, 11) is 0. The average molecular weight is 371 g/mol. The number of carbonyl (C=O) groups is 2. The number of esters is 1. The number of halogens is 1. The molecular weight excluding hydrogens is 356 g/mol. The van der Waals surface area contributed by atoms with Gasteiger partial charge in [0.15, 0.2) is 11.4 Å². The molecule has 0 saturated carbocycles. The summed E-state index contributed by atoms with van der Waals surface area (Å²) in [5.41, 5.74) is 0.465. The van der Waals surface area contributed by atoms with Gasteiger partial charge in [-0.15, -0.1) is 0 Å². The number of carbonyl (C=O) groups excluding carboxylic acids is 2. The fourth-order valence-corrected chi connectivity index (χ4v) is 2.89. The Kier molecular flexibility index (Phi) is 4.91. The highest BCUT2D eigenvalue weighted by Crippen LogP contribution is 2.31. The molecule has 0 N–H and O–H groups in total. The van der Waals surface area contributed by atoms with Gasteiger partial charge in [0.25, 0.3) is 0 Å². The Labute approximate surface area is 154 Å². The first-order valence-electron chi connectivity index (χ1n) is 7.99. The third kappa shape index (κ3) is 3.26. The van der Waals surface area contributed by atoms with E-state index in [1.54, 1.807) is 38.1 Å². The van der Waals surface area contributed by atoms with E-state index in [1.165, 1.54) is 18.2 Å². The van der Waals surface area contributed by atoms with Gasteiger partial charge in [0.1, 0.15) is 11.3 Å². The van der Waals surface area contributed by atoms with Gasteiger partial charge in [-0.25, -0.2) is 9.59 Å². The lowest BCUT2D eigenvalue weighted by Gasteiger charge is -2.12. The molecule has 6 heteroatoms. The lowest BCUT2D eigenvalue weighted by Crippen LogP contribution is -2.13. The van der Waals surface area contributed by atoms with Gasteiger partial charge < -0.3 is 9.15 Å². The molecule has 1 aromatic heterocycles. The Morgan fingerprint density at radius 3 is 2.58 bits per heavy atom. The average Bonchev–Trinajstić information content (AvgIpc) is 2.61. The molecule has 0 fully saturated rings. The number of hydrogen-bond acceptors (Lipinski definition) is 5. The molecule has 0 bridgehead atoms. The maximum absolute atomic E-state index is 12.5. The van der Waals surface area contributed by atoms with E-state index in [9.17, 15) is 14.4 Å². The van der Waals surface area contributed by atoms with E-state index in [0.29, 0.717) is 10.9 Å². The van der Waals surface area contributed by atoms with Crippen molar-refractivity contribution in [3.8, 4) is 5.75 Å². The molecule has 3 aromatic rings. The molecular formula is C20H15ClO5. The van der Waals surface area contributed by atoms with Gasteiger partial charge in [0.05, 0.1) is 10.6 Å². The topological polar surface area (TPSA) is 73.6 Å². The predicted molar refractivity (Wildman–Crippen MR) is 98.3 cm³/mol. The number of Topliss-reactive ketones (excluding diaryl/α,β-unsaturated/α-hetero) is 1. The minimum absolute atomic E-state index is 0.0306. The first-order chi connectivity index (χ1) is 12.4. The van der Waals surface area contributed by atoms with Crippen LogP contribution in [0.2, 0.25) is 5.02 Å². The number of rotatable bonds is 4. The molecule has 5 nitrogen and oxygen atoms in total. The first kappa shape index (κ1) is 17.9. The van der Waals surface area contributed by atoms with Crippen LogP contribution in [0.3, 0.4) is 0 Å². The van der Waals surface area contributed by atoms with E-state index in [-0.39, 0.29) is 39.7 Å². The fourth-order valence-electron chi connectivity index (χ4n) is 2.67. The van der Waals surface area contributed by atoms with Crippen LogP contribution in [0.1, 0.15) is 39.6 Å². The van der Waals surface area contributed by atoms with Crippen LogP contribution in [-0.2, 0) is 0 Å². The molecule has 0 aliphatic rings. The van der Waals surface area contributed by atoms with Crippen LogP contribution in [-0.4, -0.2) is 11.8 Å². The van der Waals surface area contributed by atoms with Crippen LogP contribution in [0.5, 0.6) is 5.75 Å². The normalized spacial score (nSPS) is 10.7. The summed E-state index contributed by atoms with van der Waals surface area (Å²) in [6.45, 7) is 3.42. The van der Waals surface area contributed by atoms with E-state index in [4.69, 9.17) is 20.8 Å². The lowest BCUT2D eigenvalue weighted by atomic mass is 10.0. The highest BCUT2D eigenvalue weighted by Gasteiger charge is 2.22. The summed E-state index contributed by atoms with van der Waals surface area (Å²) in [5.74, 6) is -0.968. The van der Waals surface area contributed by atoms with Crippen LogP contribution in [0.4, 0.5) is 0 Å². The molecule has 26 heavy (non-hydrogen) atoms. The number of aryl methyl sites for hydroxylation is 1. The van der Waals surface area contributed by atoms with E-state index in [0.717, 1.165) is 0 Å². The Balaban J connectivity index is 2.17. The van der Waals surface area contributed by atoms with Crippen molar-refractivity contribution in [1.82, 2.24) is 0 Å².